The Hall–Kier alpha value is -3.22. The molecule has 0 bridgehead atoms. The fourth-order valence-corrected chi connectivity index (χ4v) is 4.12. The zero-order chi connectivity index (χ0) is 21.2. The van der Waals surface area contributed by atoms with Gasteiger partial charge in [0, 0.05) is 60.6 Å². The molecular formula is C25H26ClN3O3. The molecule has 0 fully saturated rings. The van der Waals surface area contributed by atoms with Crippen LogP contribution in [0.25, 0.3) is 16.6 Å². The Balaban J connectivity index is 0.00000245. The van der Waals surface area contributed by atoms with E-state index in [1.807, 2.05) is 36.4 Å². The predicted octanol–water partition coefficient (Wildman–Crippen LogP) is 3.95. The van der Waals surface area contributed by atoms with Crippen molar-refractivity contribution in [2.24, 2.45) is 0 Å². The molecule has 0 radical (unpaired) electrons. The van der Waals surface area contributed by atoms with Crippen molar-refractivity contribution in [1.82, 2.24) is 14.5 Å². The monoisotopic (exact) mass is 451 g/mol. The summed E-state index contributed by atoms with van der Waals surface area (Å²) >= 11 is 0. The molecule has 1 aliphatic rings. The lowest BCUT2D eigenvalue weighted by molar-refractivity contribution is 0.305. The number of methoxy groups -OCH3 is 1. The molecule has 0 unspecified atom stereocenters. The molecule has 2 aromatic heterocycles. The second-order valence-electron chi connectivity index (χ2n) is 7.74. The van der Waals surface area contributed by atoms with Crippen molar-refractivity contribution in [2.75, 3.05) is 20.2 Å². The van der Waals surface area contributed by atoms with E-state index in [9.17, 15) is 4.79 Å². The SMILES string of the molecule is COc1ccc(COc2ccn(-c3ccc4c(c3)cc3n4CCNCC3)c(=O)c2)cc1.Cl. The van der Waals surface area contributed by atoms with Gasteiger partial charge >= 0.3 is 0 Å². The summed E-state index contributed by atoms with van der Waals surface area (Å²) in [6.45, 7) is 3.35. The first-order chi connectivity index (χ1) is 15.2. The van der Waals surface area contributed by atoms with E-state index < -0.39 is 0 Å². The third kappa shape index (κ3) is 4.38. The summed E-state index contributed by atoms with van der Waals surface area (Å²) in [7, 11) is 1.64. The van der Waals surface area contributed by atoms with Crippen LogP contribution in [-0.4, -0.2) is 29.3 Å². The molecule has 6 nitrogen and oxygen atoms in total. The van der Waals surface area contributed by atoms with Gasteiger partial charge in [-0.05, 0) is 48.0 Å². The van der Waals surface area contributed by atoms with E-state index >= 15 is 0 Å². The number of nitrogens with one attached hydrogen (secondary N) is 1. The van der Waals surface area contributed by atoms with Crippen LogP contribution in [0.3, 0.4) is 0 Å². The second-order valence-corrected chi connectivity index (χ2v) is 7.74. The Morgan fingerprint density at radius 1 is 0.969 bits per heavy atom. The number of hydrogen-bond acceptors (Lipinski definition) is 4. The van der Waals surface area contributed by atoms with Crippen molar-refractivity contribution in [2.45, 2.75) is 19.6 Å². The Labute approximate surface area is 192 Å². The van der Waals surface area contributed by atoms with Crippen LogP contribution in [0.15, 0.2) is 71.7 Å². The van der Waals surface area contributed by atoms with E-state index in [0.29, 0.717) is 12.4 Å². The standard InChI is InChI=1S/C25H25N3O3.ClH/c1-30-22-5-2-18(3-6-22)17-31-23-9-12-28(25(29)16-23)20-4-7-24-19(14-20)15-21-8-10-26-11-13-27(21)24;/h2-7,9,12,14-16,26H,8,10-11,13,17H2,1H3;1H. The molecule has 7 heteroatoms. The predicted molar refractivity (Wildman–Crippen MR) is 129 cm³/mol. The molecule has 2 aromatic carbocycles. The van der Waals surface area contributed by atoms with Gasteiger partial charge in [-0.25, -0.2) is 0 Å². The average molecular weight is 452 g/mol. The second kappa shape index (κ2) is 9.51. The maximum absolute atomic E-state index is 12.8. The summed E-state index contributed by atoms with van der Waals surface area (Å²) in [4.78, 5) is 12.8. The van der Waals surface area contributed by atoms with E-state index in [0.717, 1.165) is 43.1 Å². The molecule has 0 spiro atoms. The van der Waals surface area contributed by atoms with Crippen molar-refractivity contribution in [3.05, 3.63) is 88.5 Å². The minimum atomic E-state index is -0.114. The fraction of sp³-hybridized carbons (Fsp3) is 0.240. The lowest BCUT2D eigenvalue weighted by Gasteiger charge is -2.10. The highest BCUT2D eigenvalue weighted by Crippen LogP contribution is 2.24. The average Bonchev–Trinajstić information content (AvgIpc) is 2.97. The third-order valence-corrected chi connectivity index (χ3v) is 5.77. The highest BCUT2D eigenvalue weighted by Gasteiger charge is 2.12. The van der Waals surface area contributed by atoms with Crippen molar-refractivity contribution in [1.29, 1.82) is 0 Å². The molecule has 166 valence electrons. The fourth-order valence-electron chi connectivity index (χ4n) is 4.12. The van der Waals surface area contributed by atoms with Crippen molar-refractivity contribution in [3.63, 3.8) is 0 Å². The topological polar surface area (TPSA) is 57.4 Å². The van der Waals surface area contributed by atoms with Gasteiger partial charge in [-0.3, -0.25) is 9.36 Å². The van der Waals surface area contributed by atoms with E-state index in [1.165, 1.54) is 22.7 Å². The number of aromatic nitrogens is 2. The minimum Gasteiger partial charge on any atom is -0.497 e. The number of nitrogens with zero attached hydrogens (tertiary/aromatic N) is 2. The number of fused-ring (bicyclic) bond motifs is 3. The zero-order valence-electron chi connectivity index (χ0n) is 17.9. The normalized spacial score (nSPS) is 13.2. The number of hydrogen-bond donors (Lipinski definition) is 1. The van der Waals surface area contributed by atoms with Gasteiger partial charge in [-0.2, -0.15) is 0 Å². The Kier molecular flexibility index (Phi) is 6.53. The van der Waals surface area contributed by atoms with Crippen LogP contribution in [0.5, 0.6) is 11.5 Å². The lowest BCUT2D eigenvalue weighted by atomic mass is 10.2. The molecule has 0 saturated heterocycles. The van der Waals surface area contributed by atoms with Gasteiger partial charge < -0.3 is 19.4 Å². The summed E-state index contributed by atoms with van der Waals surface area (Å²) in [6, 6.07) is 19.5. The molecule has 5 rings (SSSR count). The van der Waals surface area contributed by atoms with Crippen LogP contribution < -0.4 is 20.3 Å². The zero-order valence-corrected chi connectivity index (χ0v) is 18.7. The number of ether oxygens (including phenoxy) is 2. The Morgan fingerprint density at radius 3 is 2.59 bits per heavy atom. The summed E-state index contributed by atoms with van der Waals surface area (Å²) in [5.74, 6) is 1.36. The highest BCUT2D eigenvalue weighted by atomic mass is 35.5. The maximum atomic E-state index is 12.8. The first-order valence-corrected chi connectivity index (χ1v) is 10.5. The van der Waals surface area contributed by atoms with Gasteiger partial charge in [0.25, 0.3) is 5.56 Å². The van der Waals surface area contributed by atoms with Crippen LogP contribution in [0.2, 0.25) is 0 Å². The summed E-state index contributed by atoms with van der Waals surface area (Å²) in [6.07, 6.45) is 2.79. The molecule has 4 aromatic rings. The first-order valence-electron chi connectivity index (χ1n) is 10.5. The van der Waals surface area contributed by atoms with Crippen molar-refractivity contribution >= 4 is 23.3 Å². The first kappa shape index (κ1) is 22.0. The maximum Gasteiger partial charge on any atom is 0.258 e. The van der Waals surface area contributed by atoms with Crippen LogP contribution in [0.4, 0.5) is 0 Å². The smallest absolute Gasteiger partial charge is 0.258 e. The van der Waals surface area contributed by atoms with Gasteiger partial charge in [-0.1, -0.05) is 12.1 Å². The van der Waals surface area contributed by atoms with Gasteiger partial charge in [0.2, 0.25) is 0 Å². The van der Waals surface area contributed by atoms with Gasteiger partial charge in [0.1, 0.15) is 18.1 Å². The summed E-state index contributed by atoms with van der Waals surface area (Å²) < 4.78 is 15.0. The van der Waals surface area contributed by atoms with Crippen molar-refractivity contribution in [3.8, 4) is 17.2 Å². The van der Waals surface area contributed by atoms with Crippen LogP contribution >= 0.6 is 12.4 Å². The minimum absolute atomic E-state index is 0. The van der Waals surface area contributed by atoms with Gasteiger partial charge in [0.15, 0.2) is 0 Å². The third-order valence-electron chi connectivity index (χ3n) is 5.77. The van der Waals surface area contributed by atoms with Crippen molar-refractivity contribution < 1.29 is 9.47 Å². The van der Waals surface area contributed by atoms with E-state index in [1.54, 1.807) is 17.9 Å². The van der Waals surface area contributed by atoms with E-state index in [-0.39, 0.29) is 18.0 Å². The molecule has 1 N–H and O–H groups in total. The van der Waals surface area contributed by atoms with E-state index in [2.05, 4.69) is 28.1 Å². The van der Waals surface area contributed by atoms with Gasteiger partial charge in [-0.15, -0.1) is 12.4 Å². The van der Waals surface area contributed by atoms with Crippen LogP contribution in [0, 0.1) is 0 Å². The van der Waals surface area contributed by atoms with Crippen LogP contribution in [0.1, 0.15) is 11.3 Å². The summed E-state index contributed by atoms with van der Waals surface area (Å²) in [5.41, 5.74) is 4.32. The molecular weight excluding hydrogens is 426 g/mol. The Bertz CT molecular complexity index is 1280. The largest absolute Gasteiger partial charge is 0.497 e. The molecule has 0 aliphatic carbocycles. The highest BCUT2D eigenvalue weighted by molar-refractivity contribution is 5.85. The number of pyridine rings is 1. The van der Waals surface area contributed by atoms with Gasteiger partial charge in [0.05, 0.1) is 7.11 Å². The Morgan fingerprint density at radius 2 is 1.81 bits per heavy atom. The number of rotatable bonds is 5. The van der Waals surface area contributed by atoms with Crippen LogP contribution in [-0.2, 0) is 19.6 Å². The molecule has 32 heavy (non-hydrogen) atoms. The summed E-state index contributed by atoms with van der Waals surface area (Å²) in [5, 5.41) is 4.60. The molecule has 0 saturated carbocycles. The molecule has 0 amide bonds. The van der Waals surface area contributed by atoms with E-state index in [4.69, 9.17) is 9.47 Å². The lowest BCUT2D eigenvalue weighted by Crippen LogP contribution is -2.17. The quantitative estimate of drug-likeness (QED) is 0.499. The molecule has 3 heterocycles. The molecule has 0 atom stereocenters. The molecule has 1 aliphatic heterocycles. The number of halogens is 1. The number of benzene rings is 2.